The van der Waals surface area contributed by atoms with Gasteiger partial charge < -0.3 is 9.73 Å². The van der Waals surface area contributed by atoms with Crippen molar-refractivity contribution in [2.45, 2.75) is 18.2 Å². The van der Waals surface area contributed by atoms with E-state index >= 15 is 0 Å². The second-order valence-electron chi connectivity index (χ2n) is 4.83. The van der Waals surface area contributed by atoms with Crippen LogP contribution in [0, 0.1) is 0 Å². The van der Waals surface area contributed by atoms with Crippen molar-refractivity contribution in [2.24, 2.45) is 0 Å². The lowest BCUT2D eigenvalue weighted by atomic mass is 10.0. The van der Waals surface area contributed by atoms with Crippen molar-refractivity contribution in [3.05, 3.63) is 60.5 Å². The molecule has 3 nitrogen and oxygen atoms in total. The van der Waals surface area contributed by atoms with Crippen molar-refractivity contribution in [1.82, 2.24) is 10.3 Å². The Bertz CT molecular complexity index is 697. The Labute approximate surface area is 128 Å². The van der Waals surface area contributed by atoms with Gasteiger partial charge in [0.05, 0.1) is 6.20 Å². The summed E-state index contributed by atoms with van der Waals surface area (Å²) < 4.78 is 5.29. The van der Waals surface area contributed by atoms with E-state index < -0.39 is 0 Å². The molecular formula is C17H18N2OS. The first-order valence-corrected chi connectivity index (χ1v) is 8.10. The van der Waals surface area contributed by atoms with Crippen molar-refractivity contribution in [3.63, 3.8) is 0 Å². The number of benzene rings is 2. The lowest BCUT2D eigenvalue weighted by Crippen LogP contribution is -2.22. The van der Waals surface area contributed by atoms with Crippen molar-refractivity contribution < 1.29 is 4.42 Å². The molecule has 0 aliphatic rings. The molecule has 0 saturated carbocycles. The maximum atomic E-state index is 5.29. The van der Waals surface area contributed by atoms with Crippen LogP contribution in [0.15, 0.2) is 64.6 Å². The standard InChI is InChI=1S/C17H18N2OS/c1-2-18-16(12-21-17-19-9-10-20-17)15-8-7-13-5-3-4-6-14(13)11-15/h3-11,16,18H,2,12H2,1H3. The number of nitrogens with one attached hydrogen (secondary N) is 1. The zero-order chi connectivity index (χ0) is 14.5. The molecule has 21 heavy (non-hydrogen) atoms. The smallest absolute Gasteiger partial charge is 0.255 e. The Morgan fingerprint density at radius 1 is 1.19 bits per heavy atom. The second-order valence-corrected chi connectivity index (χ2v) is 5.80. The third kappa shape index (κ3) is 3.46. The van der Waals surface area contributed by atoms with Gasteiger partial charge in [-0.2, -0.15) is 0 Å². The molecule has 4 heteroatoms. The third-order valence-corrected chi connectivity index (χ3v) is 4.36. The normalized spacial score (nSPS) is 12.6. The monoisotopic (exact) mass is 298 g/mol. The van der Waals surface area contributed by atoms with E-state index in [0.29, 0.717) is 0 Å². The average Bonchev–Trinajstić information content (AvgIpc) is 3.04. The van der Waals surface area contributed by atoms with Gasteiger partial charge in [0.15, 0.2) is 0 Å². The topological polar surface area (TPSA) is 38.1 Å². The van der Waals surface area contributed by atoms with Crippen LogP contribution in [0.1, 0.15) is 18.5 Å². The van der Waals surface area contributed by atoms with E-state index in [4.69, 9.17) is 4.42 Å². The van der Waals surface area contributed by atoms with E-state index in [1.54, 1.807) is 24.2 Å². The summed E-state index contributed by atoms with van der Waals surface area (Å²) in [6.07, 6.45) is 3.29. The Morgan fingerprint density at radius 3 is 2.81 bits per heavy atom. The van der Waals surface area contributed by atoms with Crippen molar-refractivity contribution in [3.8, 4) is 0 Å². The summed E-state index contributed by atoms with van der Waals surface area (Å²) in [4.78, 5) is 4.16. The molecule has 0 fully saturated rings. The minimum Gasteiger partial charge on any atom is -0.440 e. The molecule has 2 aromatic carbocycles. The maximum absolute atomic E-state index is 5.29. The number of fused-ring (bicyclic) bond motifs is 1. The number of thioether (sulfide) groups is 1. The number of hydrogen-bond donors (Lipinski definition) is 1. The minimum absolute atomic E-state index is 0.288. The molecule has 0 amide bonds. The van der Waals surface area contributed by atoms with E-state index in [0.717, 1.165) is 17.5 Å². The molecule has 108 valence electrons. The molecule has 3 rings (SSSR count). The Morgan fingerprint density at radius 2 is 2.05 bits per heavy atom. The van der Waals surface area contributed by atoms with Gasteiger partial charge in [-0.1, -0.05) is 55.1 Å². The summed E-state index contributed by atoms with van der Waals surface area (Å²) in [5, 5.41) is 6.81. The van der Waals surface area contributed by atoms with Gasteiger partial charge in [-0.25, -0.2) is 4.98 Å². The van der Waals surface area contributed by atoms with Crippen LogP contribution in [-0.2, 0) is 0 Å². The molecule has 0 aliphatic carbocycles. The molecule has 1 heterocycles. The molecule has 0 aliphatic heterocycles. The molecule has 1 unspecified atom stereocenters. The van der Waals surface area contributed by atoms with E-state index in [2.05, 4.69) is 59.7 Å². The molecule has 1 N–H and O–H groups in total. The van der Waals surface area contributed by atoms with Gasteiger partial charge in [-0.05, 0) is 28.9 Å². The molecule has 1 atom stereocenters. The molecule has 0 spiro atoms. The first-order chi connectivity index (χ1) is 10.4. The second kappa shape index (κ2) is 6.78. The fourth-order valence-electron chi connectivity index (χ4n) is 2.38. The lowest BCUT2D eigenvalue weighted by Gasteiger charge is -2.17. The van der Waals surface area contributed by atoms with Gasteiger partial charge in [-0.3, -0.25) is 0 Å². The summed E-state index contributed by atoms with van der Waals surface area (Å²) in [6, 6.07) is 15.4. The quantitative estimate of drug-likeness (QED) is 0.690. The summed E-state index contributed by atoms with van der Waals surface area (Å²) in [6.45, 7) is 3.06. The van der Waals surface area contributed by atoms with E-state index in [1.165, 1.54) is 16.3 Å². The highest BCUT2D eigenvalue weighted by Crippen LogP contribution is 2.26. The Kier molecular flexibility index (Phi) is 4.58. The number of rotatable bonds is 6. The van der Waals surface area contributed by atoms with Crippen LogP contribution < -0.4 is 5.32 Å². The van der Waals surface area contributed by atoms with Gasteiger partial charge in [0.25, 0.3) is 5.22 Å². The summed E-state index contributed by atoms with van der Waals surface area (Å²) in [5.74, 6) is 0.896. The fourth-order valence-corrected chi connectivity index (χ4v) is 3.26. The van der Waals surface area contributed by atoms with Gasteiger partial charge >= 0.3 is 0 Å². The summed E-state index contributed by atoms with van der Waals surface area (Å²) in [7, 11) is 0. The van der Waals surface area contributed by atoms with Crippen molar-refractivity contribution in [2.75, 3.05) is 12.3 Å². The minimum atomic E-state index is 0.288. The van der Waals surface area contributed by atoms with Crippen LogP contribution in [0.2, 0.25) is 0 Å². The number of oxazole rings is 1. The number of hydrogen-bond acceptors (Lipinski definition) is 4. The Hall–Kier alpha value is -1.78. The fraction of sp³-hybridized carbons (Fsp3) is 0.235. The summed E-state index contributed by atoms with van der Waals surface area (Å²) >= 11 is 1.64. The van der Waals surface area contributed by atoms with Crippen LogP contribution in [0.3, 0.4) is 0 Å². The average molecular weight is 298 g/mol. The zero-order valence-electron chi connectivity index (χ0n) is 12.0. The highest BCUT2D eigenvalue weighted by molar-refractivity contribution is 7.99. The van der Waals surface area contributed by atoms with Gasteiger partial charge in [0.2, 0.25) is 0 Å². The van der Waals surface area contributed by atoms with Crippen LogP contribution in [0.25, 0.3) is 10.8 Å². The van der Waals surface area contributed by atoms with E-state index in [9.17, 15) is 0 Å². The predicted molar refractivity (Wildman–Crippen MR) is 87.6 cm³/mol. The highest BCUT2D eigenvalue weighted by Gasteiger charge is 2.12. The SMILES string of the molecule is CCNC(CSc1ncco1)c1ccc2ccccc2c1. The van der Waals surface area contributed by atoms with Crippen LogP contribution in [-0.4, -0.2) is 17.3 Å². The van der Waals surface area contributed by atoms with Gasteiger partial charge in [-0.15, -0.1) is 0 Å². The molecular weight excluding hydrogens is 280 g/mol. The predicted octanol–water partition coefficient (Wildman–Crippen LogP) is 4.27. The van der Waals surface area contributed by atoms with E-state index in [-0.39, 0.29) is 6.04 Å². The first-order valence-electron chi connectivity index (χ1n) is 7.11. The zero-order valence-corrected chi connectivity index (χ0v) is 12.8. The molecule has 0 saturated heterocycles. The van der Waals surface area contributed by atoms with E-state index in [1.807, 2.05) is 0 Å². The largest absolute Gasteiger partial charge is 0.440 e. The van der Waals surface area contributed by atoms with Gasteiger partial charge in [0, 0.05) is 11.8 Å². The molecule has 0 radical (unpaired) electrons. The third-order valence-electron chi connectivity index (χ3n) is 3.41. The van der Waals surface area contributed by atoms with Crippen LogP contribution >= 0.6 is 11.8 Å². The molecule has 1 aromatic heterocycles. The highest BCUT2D eigenvalue weighted by atomic mass is 32.2. The summed E-state index contributed by atoms with van der Waals surface area (Å²) in [5.41, 5.74) is 1.30. The number of aromatic nitrogens is 1. The van der Waals surface area contributed by atoms with Crippen LogP contribution in [0.5, 0.6) is 0 Å². The van der Waals surface area contributed by atoms with Crippen LogP contribution in [0.4, 0.5) is 0 Å². The molecule has 0 bridgehead atoms. The number of nitrogens with zero attached hydrogens (tertiary/aromatic N) is 1. The Balaban J connectivity index is 1.80. The molecule has 3 aromatic rings. The van der Waals surface area contributed by atoms with Gasteiger partial charge in [0.1, 0.15) is 6.26 Å². The van der Waals surface area contributed by atoms with Crippen molar-refractivity contribution >= 4 is 22.5 Å². The first kappa shape index (κ1) is 14.2. The lowest BCUT2D eigenvalue weighted by molar-refractivity contribution is 0.453. The maximum Gasteiger partial charge on any atom is 0.255 e. The van der Waals surface area contributed by atoms with Crippen molar-refractivity contribution in [1.29, 1.82) is 0 Å².